The Kier molecular flexibility index (Phi) is 14.5. The van der Waals surface area contributed by atoms with E-state index < -0.39 is 72.3 Å². The Balaban J connectivity index is 0.847. The topological polar surface area (TPSA) is 409 Å². The Morgan fingerprint density at radius 2 is 0.831 bits per heavy atom. The Hall–Kier alpha value is -9.72. The van der Waals surface area contributed by atoms with Crippen LogP contribution >= 0.6 is 0 Å². The van der Waals surface area contributed by atoms with Crippen LogP contribution in [0.5, 0.6) is 23.0 Å². The second kappa shape index (κ2) is 21.3. The van der Waals surface area contributed by atoms with Gasteiger partial charge in [-0.2, -0.15) is 54.1 Å². The Labute approximate surface area is 469 Å². The van der Waals surface area contributed by atoms with Crippen molar-refractivity contribution in [3.8, 4) is 23.0 Å². The van der Waals surface area contributed by atoms with Crippen LogP contribution in [0, 0.1) is 13.8 Å². The van der Waals surface area contributed by atoms with Crippen molar-refractivity contribution in [1.29, 1.82) is 0 Å². The van der Waals surface area contributed by atoms with Crippen LogP contribution in [0.15, 0.2) is 206 Å². The molecule has 0 aliphatic carbocycles. The Morgan fingerprint density at radius 1 is 0.349 bits per heavy atom. The summed E-state index contributed by atoms with van der Waals surface area (Å²) in [6.45, 7) is 3.23. The fourth-order valence-electron chi connectivity index (χ4n) is 8.73. The van der Waals surface area contributed by atoms with Gasteiger partial charge in [-0.3, -0.25) is 18.2 Å². The SMILES string of the molecule is Cc1cc(N=Nc2ccc3cc(Nc4ccc5c(O)c(N=Nc6cc(C)c(N=Nc7ccc8cc(S(=O)(=O)O)cc(S(=O)(=O)O)c8c7)cc6O)c(S(=O)(=O)O)cc5c4)ccc3c2O)c(O)cc1N=Nc1ccc2cccc(S(=O)(=O)O)c2c1. The molecular formula is C54H39N9O16S4. The second-order valence-electron chi connectivity index (χ2n) is 18.4. The van der Waals surface area contributed by atoms with Crippen molar-refractivity contribution in [3.05, 3.63) is 157 Å². The Bertz CT molecular complexity index is 5040. The van der Waals surface area contributed by atoms with Crippen molar-refractivity contribution in [2.45, 2.75) is 33.4 Å². The normalized spacial score (nSPS) is 12.8. The average molecular weight is 1200 g/mol. The van der Waals surface area contributed by atoms with Crippen LogP contribution in [0.4, 0.5) is 56.9 Å². The van der Waals surface area contributed by atoms with Crippen LogP contribution in [0.2, 0.25) is 0 Å². The van der Waals surface area contributed by atoms with Gasteiger partial charge in [0.05, 0.1) is 27.6 Å². The summed E-state index contributed by atoms with van der Waals surface area (Å²) in [6.07, 6.45) is 0. The van der Waals surface area contributed by atoms with Gasteiger partial charge in [0.25, 0.3) is 40.5 Å². The molecule has 0 saturated carbocycles. The first kappa shape index (κ1) is 56.6. The van der Waals surface area contributed by atoms with Crippen molar-refractivity contribution < 1.29 is 72.3 Å². The molecule has 25 nitrogen and oxygen atoms in total. The number of rotatable bonds is 14. The lowest BCUT2D eigenvalue weighted by molar-refractivity contribution is 0.471. The van der Waals surface area contributed by atoms with E-state index in [1.54, 1.807) is 55.5 Å². The van der Waals surface area contributed by atoms with Crippen LogP contribution in [0.1, 0.15) is 11.1 Å². The number of fused-ring (bicyclic) bond motifs is 4. The number of benzene rings is 10. The highest BCUT2D eigenvalue weighted by Crippen LogP contribution is 2.45. The van der Waals surface area contributed by atoms with Crippen molar-refractivity contribution in [3.63, 3.8) is 0 Å². The summed E-state index contributed by atoms with van der Waals surface area (Å²) in [5.74, 6) is -1.76. The number of aryl methyl sites for hydroxylation is 2. The number of nitrogens with zero attached hydrogens (tertiary/aromatic N) is 8. The van der Waals surface area contributed by atoms with Gasteiger partial charge in [-0.15, -0.1) is 20.5 Å². The molecule has 0 bridgehead atoms. The largest absolute Gasteiger partial charge is 0.506 e. The van der Waals surface area contributed by atoms with Gasteiger partial charge in [0.15, 0.2) is 11.5 Å². The number of phenolic OH excluding ortho intramolecular Hbond substituents is 4. The molecule has 9 N–H and O–H groups in total. The minimum absolute atomic E-state index is 0.0161. The number of phenols is 4. The highest BCUT2D eigenvalue weighted by atomic mass is 32.2. The molecule has 0 amide bonds. The maximum atomic E-state index is 12.7. The van der Waals surface area contributed by atoms with E-state index in [1.165, 1.54) is 79.7 Å². The first-order valence-electron chi connectivity index (χ1n) is 23.8. The van der Waals surface area contributed by atoms with Crippen LogP contribution in [0.3, 0.4) is 0 Å². The van der Waals surface area contributed by atoms with E-state index >= 15 is 0 Å². The third-order valence-electron chi connectivity index (χ3n) is 12.8. The van der Waals surface area contributed by atoms with Crippen molar-refractivity contribution in [2.75, 3.05) is 5.32 Å². The molecule has 0 radical (unpaired) electrons. The van der Waals surface area contributed by atoms with Gasteiger partial charge in [-0.05, 0) is 150 Å². The van der Waals surface area contributed by atoms with Gasteiger partial charge in [-0.25, -0.2) is 0 Å². The zero-order chi connectivity index (χ0) is 59.5. The quantitative estimate of drug-likeness (QED) is 0.0361. The van der Waals surface area contributed by atoms with E-state index in [2.05, 4.69) is 46.2 Å². The lowest BCUT2D eigenvalue weighted by Gasteiger charge is -2.12. The smallest absolute Gasteiger partial charge is 0.296 e. The van der Waals surface area contributed by atoms with Crippen molar-refractivity contribution in [1.82, 2.24) is 0 Å². The minimum Gasteiger partial charge on any atom is -0.506 e. The van der Waals surface area contributed by atoms with Gasteiger partial charge < -0.3 is 25.7 Å². The highest BCUT2D eigenvalue weighted by molar-refractivity contribution is 7.87. The van der Waals surface area contributed by atoms with E-state index in [9.17, 15) is 72.3 Å². The molecule has 83 heavy (non-hydrogen) atoms. The first-order valence-corrected chi connectivity index (χ1v) is 29.5. The molecule has 0 aliphatic heterocycles. The summed E-state index contributed by atoms with van der Waals surface area (Å²) in [5.41, 5.74) is 1.66. The van der Waals surface area contributed by atoms with Crippen LogP contribution < -0.4 is 5.32 Å². The summed E-state index contributed by atoms with van der Waals surface area (Å²) >= 11 is 0. The highest BCUT2D eigenvalue weighted by Gasteiger charge is 2.24. The fourth-order valence-corrected chi connectivity index (χ4v) is 11.4. The number of nitrogens with one attached hydrogen (secondary N) is 1. The summed E-state index contributed by atoms with van der Waals surface area (Å²) < 4.78 is 136. The number of azo groups is 4. The lowest BCUT2D eigenvalue weighted by Crippen LogP contribution is -2.04. The number of aromatic hydroxyl groups is 4. The predicted octanol–water partition coefficient (Wildman–Crippen LogP) is 14.1. The molecule has 10 aromatic carbocycles. The summed E-state index contributed by atoms with van der Waals surface area (Å²) in [4.78, 5) is -2.71. The third kappa shape index (κ3) is 11.9. The van der Waals surface area contributed by atoms with Gasteiger partial charge in [0, 0.05) is 45.1 Å². The standard InChI is InChI=1S/C54H39N9O16S4/c1-27-16-45(47(64)25-43(27)59-56-35-9-6-29-4-3-5-49(40(29)22-35)81(71,72)73)61-58-42-15-8-30-18-33(11-13-38(30)53(42)66)55-34-12-14-39-32(19-34)21-51(83(77,78)79)52(54(39)67)63-62-46-17-28(2)44(26-48(46)65)60-57-36-10-7-31-20-37(80(68,69)70)24-50(41(31)23-36)82(74,75)76/h3-26,55,64-67H,1-2H3,(H,68,69,70)(H,71,72,73)(H,74,75,76)(H,77,78,79). The first-order chi connectivity index (χ1) is 39.1. The van der Waals surface area contributed by atoms with Gasteiger partial charge in [-0.1, -0.05) is 30.3 Å². The van der Waals surface area contributed by atoms with Gasteiger partial charge >= 0.3 is 0 Å². The van der Waals surface area contributed by atoms with Gasteiger partial charge in [0.2, 0.25) is 0 Å². The molecule has 10 aromatic rings. The van der Waals surface area contributed by atoms with E-state index in [4.69, 9.17) is 0 Å². The molecular weight excluding hydrogens is 1160 g/mol. The summed E-state index contributed by atoms with van der Waals surface area (Å²) in [6, 6.07) is 33.4. The van der Waals surface area contributed by atoms with Crippen molar-refractivity contribution >= 4 is 140 Å². The maximum Gasteiger partial charge on any atom is 0.296 e. The molecule has 0 saturated heterocycles. The number of hydrogen-bond donors (Lipinski definition) is 9. The van der Waals surface area contributed by atoms with E-state index in [1.807, 2.05) is 0 Å². The molecule has 10 rings (SSSR count). The maximum absolute atomic E-state index is 12.7. The fraction of sp³-hybridized carbons (Fsp3) is 0.0370. The molecule has 0 heterocycles. The molecule has 29 heteroatoms. The van der Waals surface area contributed by atoms with Crippen LogP contribution in [-0.2, 0) is 40.5 Å². The predicted molar refractivity (Wildman–Crippen MR) is 304 cm³/mol. The number of hydrogen-bond acceptors (Lipinski definition) is 21. The molecule has 0 atom stereocenters. The van der Waals surface area contributed by atoms with Crippen molar-refractivity contribution in [2.24, 2.45) is 40.9 Å². The number of anilines is 2. The zero-order valence-electron chi connectivity index (χ0n) is 42.4. The summed E-state index contributed by atoms with van der Waals surface area (Å²) in [7, 11) is -19.4. The molecule has 0 unspecified atom stereocenters. The van der Waals surface area contributed by atoms with Crippen LogP contribution in [-0.4, -0.2) is 72.3 Å². The molecule has 0 aromatic heterocycles. The van der Waals surface area contributed by atoms with Gasteiger partial charge in [0.1, 0.15) is 48.9 Å². The van der Waals surface area contributed by atoms with E-state index in [0.717, 1.165) is 18.2 Å². The zero-order valence-corrected chi connectivity index (χ0v) is 45.7. The molecule has 420 valence electrons. The molecule has 0 fully saturated rings. The molecule has 0 spiro atoms. The average Bonchev–Trinajstić information content (AvgIpc) is 2.95. The third-order valence-corrected chi connectivity index (χ3v) is 16.3. The second-order valence-corrected chi connectivity index (χ2v) is 24.0. The van der Waals surface area contributed by atoms with Crippen LogP contribution in [0.25, 0.3) is 43.1 Å². The summed E-state index contributed by atoms with van der Waals surface area (Å²) in [5, 5.41) is 82.1. The Morgan fingerprint density at radius 3 is 1.40 bits per heavy atom. The van der Waals surface area contributed by atoms with E-state index in [0.29, 0.717) is 44.7 Å². The minimum atomic E-state index is -5.08. The van der Waals surface area contributed by atoms with E-state index in [-0.39, 0.29) is 83.1 Å². The molecule has 0 aliphatic rings. The lowest BCUT2D eigenvalue weighted by atomic mass is 10.1. The monoisotopic (exact) mass is 1200 g/mol.